The van der Waals surface area contributed by atoms with Crippen molar-refractivity contribution in [3.63, 3.8) is 0 Å². The fourth-order valence-corrected chi connectivity index (χ4v) is 3.44. The lowest BCUT2D eigenvalue weighted by Crippen LogP contribution is -1.97. The fraction of sp³-hybridized carbons (Fsp3) is 0.250. The largest absolute Gasteiger partial charge is 0.342 e. The molecule has 0 aliphatic carbocycles. The number of hydrogen-bond acceptors (Lipinski definition) is 2. The quantitative estimate of drug-likeness (QED) is 0.768. The van der Waals surface area contributed by atoms with Gasteiger partial charge in [0.1, 0.15) is 0 Å². The van der Waals surface area contributed by atoms with Gasteiger partial charge in [-0.1, -0.05) is 25.1 Å². The van der Waals surface area contributed by atoms with E-state index < -0.39 is 0 Å². The van der Waals surface area contributed by atoms with Crippen LogP contribution >= 0.6 is 11.3 Å². The van der Waals surface area contributed by atoms with E-state index in [1.807, 2.05) is 11.3 Å². The number of para-hydroxylation sites is 1. The van der Waals surface area contributed by atoms with Gasteiger partial charge in [-0.3, -0.25) is 0 Å². The van der Waals surface area contributed by atoms with Gasteiger partial charge in [-0.2, -0.15) is 0 Å². The molecule has 0 radical (unpaired) electrons. The molecule has 2 nitrogen and oxygen atoms in total. The van der Waals surface area contributed by atoms with E-state index in [2.05, 4.69) is 54.1 Å². The van der Waals surface area contributed by atoms with Gasteiger partial charge in [0.2, 0.25) is 0 Å². The Bertz CT molecular complexity index is 694. The summed E-state index contributed by atoms with van der Waals surface area (Å²) in [6, 6.07) is 13.0. The maximum atomic E-state index is 5.84. The van der Waals surface area contributed by atoms with Crippen molar-refractivity contribution in [2.75, 3.05) is 0 Å². The van der Waals surface area contributed by atoms with Crippen LogP contribution in [-0.2, 0) is 19.5 Å². The van der Waals surface area contributed by atoms with Gasteiger partial charge in [-0.25, -0.2) is 0 Å². The summed E-state index contributed by atoms with van der Waals surface area (Å²) >= 11 is 1.90. The van der Waals surface area contributed by atoms with Crippen LogP contribution in [0.3, 0.4) is 0 Å². The van der Waals surface area contributed by atoms with Crippen LogP contribution in [0, 0.1) is 0 Å². The topological polar surface area (TPSA) is 30.9 Å². The molecule has 3 rings (SSSR count). The Balaban J connectivity index is 2.00. The van der Waals surface area contributed by atoms with Crippen LogP contribution in [-0.4, -0.2) is 4.57 Å². The number of thiophene rings is 1. The summed E-state index contributed by atoms with van der Waals surface area (Å²) in [5.41, 5.74) is 8.34. The van der Waals surface area contributed by atoms with Crippen LogP contribution in [0.1, 0.15) is 22.2 Å². The average molecular weight is 270 g/mol. The summed E-state index contributed by atoms with van der Waals surface area (Å²) in [6.45, 7) is 3.73. The van der Waals surface area contributed by atoms with E-state index >= 15 is 0 Å². The predicted molar refractivity (Wildman–Crippen MR) is 82.6 cm³/mol. The molecule has 0 atom stereocenters. The lowest BCUT2D eigenvalue weighted by Gasteiger charge is -2.02. The molecule has 3 aromatic rings. The predicted octanol–water partition coefficient (Wildman–Crippen LogP) is 3.77. The molecule has 0 amide bonds. The first-order valence-corrected chi connectivity index (χ1v) is 7.48. The molecular formula is C16H18N2S. The van der Waals surface area contributed by atoms with Crippen molar-refractivity contribution in [3.05, 3.63) is 57.9 Å². The first-order valence-electron chi connectivity index (χ1n) is 6.66. The van der Waals surface area contributed by atoms with E-state index in [1.165, 1.54) is 26.2 Å². The number of aromatic nitrogens is 1. The third-order valence-electron chi connectivity index (χ3n) is 3.48. The number of benzene rings is 1. The molecule has 3 heteroatoms. The molecule has 0 spiro atoms. The van der Waals surface area contributed by atoms with E-state index in [9.17, 15) is 0 Å². The second-order valence-electron chi connectivity index (χ2n) is 4.73. The maximum absolute atomic E-state index is 5.84. The fourth-order valence-electron chi connectivity index (χ4n) is 2.48. The molecule has 0 saturated carbocycles. The van der Waals surface area contributed by atoms with Crippen molar-refractivity contribution in [1.82, 2.24) is 4.57 Å². The molecule has 1 aromatic carbocycles. The van der Waals surface area contributed by atoms with Gasteiger partial charge >= 0.3 is 0 Å². The van der Waals surface area contributed by atoms with E-state index in [0.717, 1.165) is 13.0 Å². The first kappa shape index (κ1) is 12.5. The second kappa shape index (κ2) is 5.19. The first-order chi connectivity index (χ1) is 9.31. The molecule has 0 saturated heterocycles. The lowest BCUT2D eigenvalue weighted by atomic mass is 10.2. The summed E-state index contributed by atoms with van der Waals surface area (Å²) < 4.78 is 2.31. The van der Waals surface area contributed by atoms with Crippen LogP contribution in [0.5, 0.6) is 0 Å². The van der Waals surface area contributed by atoms with Crippen LogP contribution < -0.4 is 5.73 Å². The third-order valence-corrected chi connectivity index (χ3v) is 4.70. The van der Waals surface area contributed by atoms with Crippen molar-refractivity contribution in [1.29, 1.82) is 0 Å². The monoisotopic (exact) mass is 270 g/mol. The zero-order valence-electron chi connectivity index (χ0n) is 11.1. The number of nitrogens with zero attached hydrogens (tertiary/aromatic N) is 1. The molecule has 0 aliphatic heterocycles. The summed E-state index contributed by atoms with van der Waals surface area (Å²) in [5.74, 6) is 0. The van der Waals surface area contributed by atoms with Crippen LogP contribution in [0.25, 0.3) is 10.9 Å². The van der Waals surface area contributed by atoms with Gasteiger partial charge < -0.3 is 10.3 Å². The molecule has 98 valence electrons. The number of aryl methyl sites for hydroxylation is 1. The summed E-state index contributed by atoms with van der Waals surface area (Å²) in [5, 5.41) is 1.28. The SMILES string of the molecule is CCc1ccc(Cn2cc(CN)c3ccccc32)s1. The number of rotatable bonds is 4. The molecule has 0 unspecified atom stereocenters. The Morgan fingerprint density at radius 1 is 1.11 bits per heavy atom. The van der Waals surface area contributed by atoms with Crippen molar-refractivity contribution in [2.24, 2.45) is 5.73 Å². The zero-order chi connectivity index (χ0) is 13.2. The summed E-state index contributed by atoms with van der Waals surface area (Å²) in [6.07, 6.45) is 3.31. The van der Waals surface area contributed by atoms with Crippen LogP contribution in [0.15, 0.2) is 42.6 Å². The Morgan fingerprint density at radius 2 is 1.89 bits per heavy atom. The van der Waals surface area contributed by atoms with Gasteiger partial charge in [0.25, 0.3) is 0 Å². The minimum atomic E-state index is 0.595. The van der Waals surface area contributed by atoms with Gasteiger partial charge in [0.15, 0.2) is 0 Å². The Morgan fingerprint density at radius 3 is 2.63 bits per heavy atom. The summed E-state index contributed by atoms with van der Waals surface area (Å²) in [4.78, 5) is 2.85. The van der Waals surface area contributed by atoms with E-state index in [4.69, 9.17) is 5.73 Å². The van der Waals surface area contributed by atoms with E-state index in [1.54, 1.807) is 0 Å². The Hall–Kier alpha value is -1.58. The standard InChI is InChI=1S/C16H18N2S/c1-2-13-7-8-14(19-13)11-18-10-12(9-17)15-5-3-4-6-16(15)18/h3-8,10H,2,9,11,17H2,1H3. The second-order valence-corrected chi connectivity index (χ2v) is 5.98. The molecule has 2 N–H and O–H groups in total. The van der Waals surface area contributed by atoms with E-state index in [-0.39, 0.29) is 0 Å². The van der Waals surface area contributed by atoms with Crippen molar-refractivity contribution in [2.45, 2.75) is 26.4 Å². The van der Waals surface area contributed by atoms with E-state index in [0.29, 0.717) is 6.54 Å². The highest BCUT2D eigenvalue weighted by Gasteiger charge is 2.08. The zero-order valence-corrected chi connectivity index (χ0v) is 11.9. The third kappa shape index (κ3) is 2.31. The van der Waals surface area contributed by atoms with Gasteiger partial charge in [0.05, 0.1) is 6.54 Å². The molecule has 2 heterocycles. The minimum Gasteiger partial charge on any atom is -0.342 e. The van der Waals surface area contributed by atoms with Crippen molar-refractivity contribution >= 4 is 22.2 Å². The smallest absolute Gasteiger partial charge is 0.0569 e. The summed E-state index contributed by atoms with van der Waals surface area (Å²) in [7, 11) is 0. The molecule has 0 aliphatic rings. The molecule has 0 bridgehead atoms. The number of nitrogens with two attached hydrogens (primary N) is 1. The number of hydrogen-bond donors (Lipinski definition) is 1. The number of fused-ring (bicyclic) bond motifs is 1. The normalized spacial score (nSPS) is 11.3. The van der Waals surface area contributed by atoms with Crippen molar-refractivity contribution in [3.8, 4) is 0 Å². The van der Waals surface area contributed by atoms with Gasteiger partial charge in [0, 0.05) is 33.4 Å². The lowest BCUT2D eigenvalue weighted by molar-refractivity contribution is 0.843. The maximum Gasteiger partial charge on any atom is 0.0569 e. The molecule has 19 heavy (non-hydrogen) atoms. The highest BCUT2D eigenvalue weighted by Crippen LogP contribution is 2.24. The molecular weight excluding hydrogens is 252 g/mol. The average Bonchev–Trinajstić information content (AvgIpc) is 3.04. The van der Waals surface area contributed by atoms with Gasteiger partial charge in [-0.05, 0) is 30.2 Å². The highest BCUT2D eigenvalue weighted by molar-refractivity contribution is 7.11. The Kier molecular flexibility index (Phi) is 3.40. The van der Waals surface area contributed by atoms with Crippen LogP contribution in [0.2, 0.25) is 0 Å². The minimum absolute atomic E-state index is 0.595. The molecule has 2 aromatic heterocycles. The molecule has 0 fully saturated rings. The Labute approximate surface area is 117 Å². The van der Waals surface area contributed by atoms with Crippen LogP contribution in [0.4, 0.5) is 0 Å². The highest BCUT2D eigenvalue weighted by atomic mass is 32.1. The van der Waals surface area contributed by atoms with Crippen molar-refractivity contribution < 1.29 is 0 Å². The van der Waals surface area contributed by atoms with Gasteiger partial charge in [-0.15, -0.1) is 11.3 Å².